The number of halogens is 3. The van der Waals surface area contributed by atoms with E-state index in [2.05, 4.69) is 20.6 Å². The molecule has 1 aromatic rings. The second-order valence-electron chi connectivity index (χ2n) is 3.86. The first-order valence-corrected chi connectivity index (χ1v) is 5.88. The van der Waals surface area contributed by atoms with Crippen molar-refractivity contribution in [3.63, 3.8) is 0 Å². The number of aromatic nitrogens is 2. The van der Waals surface area contributed by atoms with Crippen LogP contribution in [0.5, 0.6) is 0 Å². The molecule has 18 heavy (non-hydrogen) atoms. The summed E-state index contributed by atoms with van der Waals surface area (Å²) in [6.07, 6.45) is -0.830. The third-order valence-electron chi connectivity index (χ3n) is 2.13. The Balaban J connectivity index is 2.33. The summed E-state index contributed by atoms with van der Waals surface area (Å²) in [4.78, 5) is 8.13. The summed E-state index contributed by atoms with van der Waals surface area (Å²) < 4.78 is 35.8. The van der Waals surface area contributed by atoms with Gasteiger partial charge in [-0.05, 0) is 12.8 Å². The molecular formula is C11H17F3N4. The first kappa shape index (κ1) is 14.5. The molecular weight excluding hydrogens is 245 g/mol. The van der Waals surface area contributed by atoms with Gasteiger partial charge in [-0.3, -0.25) is 4.98 Å². The van der Waals surface area contributed by atoms with E-state index < -0.39 is 12.6 Å². The Morgan fingerprint density at radius 2 is 1.72 bits per heavy atom. The van der Waals surface area contributed by atoms with E-state index in [1.807, 2.05) is 6.92 Å². The van der Waals surface area contributed by atoms with Gasteiger partial charge in [0.25, 0.3) is 0 Å². The molecule has 0 aliphatic heterocycles. The van der Waals surface area contributed by atoms with Gasteiger partial charge in [0, 0.05) is 19.5 Å². The minimum atomic E-state index is -4.10. The van der Waals surface area contributed by atoms with Crippen LogP contribution in [0.1, 0.15) is 26.2 Å². The van der Waals surface area contributed by atoms with E-state index in [0.717, 1.165) is 13.0 Å². The van der Waals surface area contributed by atoms with Gasteiger partial charge >= 0.3 is 6.18 Å². The average Bonchev–Trinajstić information content (AvgIpc) is 2.31. The maximum Gasteiger partial charge on any atom is 0.389 e. The van der Waals surface area contributed by atoms with Gasteiger partial charge in [0.2, 0.25) is 0 Å². The number of nitrogens with one attached hydrogen (secondary N) is 2. The number of hydrogen-bond donors (Lipinski definition) is 2. The van der Waals surface area contributed by atoms with Crippen molar-refractivity contribution < 1.29 is 13.2 Å². The highest BCUT2D eigenvalue weighted by atomic mass is 19.4. The van der Waals surface area contributed by atoms with Gasteiger partial charge in [-0.1, -0.05) is 6.92 Å². The maximum atomic E-state index is 11.9. The topological polar surface area (TPSA) is 49.8 Å². The molecule has 0 saturated heterocycles. The van der Waals surface area contributed by atoms with Gasteiger partial charge in [0.15, 0.2) is 0 Å². The van der Waals surface area contributed by atoms with Crippen molar-refractivity contribution in [1.82, 2.24) is 9.97 Å². The Morgan fingerprint density at radius 1 is 1.11 bits per heavy atom. The van der Waals surface area contributed by atoms with Crippen molar-refractivity contribution >= 4 is 11.6 Å². The van der Waals surface area contributed by atoms with E-state index in [9.17, 15) is 13.2 Å². The molecule has 0 atom stereocenters. The van der Waals surface area contributed by atoms with Crippen LogP contribution in [-0.4, -0.2) is 29.2 Å². The lowest BCUT2D eigenvalue weighted by molar-refractivity contribution is -0.134. The summed E-state index contributed by atoms with van der Waals surface area (Å²) in [5, 5.41) is 5.88. The third kappa shape index (κ3) is 6.27. The van der Waals surface area contributed by atoms with Crippen LogP contribution in [0.25, 0.3) is 0 Å². The number of anilines is 2. The van der Waals surface area contributed by atoms with E-state index >= 15 is 0 Å². The molecule has 0 aromatic carbocycles. The van der Waals surface area contributed by atoms with Gasteiger partial charge in [-0.15, -0.1) is 0 Å². The number of hydrogen-bond acceptors (Lipinski definition) is 4. The maximum absolute atomic E-state index is 11.9. The lowest BCUT2D eigenvalue weighted by Crippen LogP contribution is -2.12. The summed E-state index contributed by atoms with van der Waals surface area (Å²) in [7, 11) is 0. The molecule has 102 valence electrons. The molecule has 1 rings (SSSR count). The highest BCUT2D eigenvalue weighted by Crippen LogP contribution is 2.21. The Labute approximate surface area is 104 Å². The summed E-state index contributed by atoms with van der Waals surface area (Å²) in [5.74, 6) is 1.11. The quantitative estimate of drug-likeness (QED) is 0.741. The second-order valence-corrected chi connectivity index (χ2v) is 3.86. The van der Waals surface area contributed by atoms with Crippen molar-refractivity contribution in [2.45, 2.75) is 32.4 Å². The molecule has 2 N–H and O–H groups in total. The average molecular weight is 262 g/mol. The largest absolute Gasteiger partial charge is 0.389 e. The zero-order chi connectivity index (χ0) is 13.4. The van der Waals surface area contributed by atoms with E-state index in [4.69, 9.17) is 0 Å². The van der Waals surface area contributed by atoms with Gasteiger partial charge in [-0.25, -0.2) is 4.98 Å². The van der Waals surface area contributed by atoms with Crippen molar-refractivity contribution in [3.05, 3.63) is 12.4 Å². The Morgan fingerprint density at radius 3 is 2.28 bits per heavy atom. The molecule has 0 aliphatic carbocycles. The molecule has 4 nitrogen and oxygen atoms in total. The second kappa shape index (κ2) is 7.03. The minimum absolute atomic E-state index is 0.0256. The summed E-state index contributed by atoms with van der Waals surface area (Å²) in [6.45, 7) is 3.04. The molecule has 1 heterocycles. The SMILES string of the molecule is CCCNc1cncc(NCCCC(F)(F)F)n1. The molecule has 0 aliphatic rings. The van der Waals surface area contributed by atoms with Crippen LogP contribution in [0.4, 0.5) is 24.8 Å². The van der Waals surface area contributed by atoms with Gasteiger partial charge in [0.05, 0.1) is 12.4 Å². The summed E-state index contributed by atoms with van der Waals surface area (Å²) in [6, 6.07) is 0. The van der Waals surface area contributed by atoms with Crippen LogP contribution in [0.3, 0.4) is 0 Å². The van der Waals surface area contributed by atoms with Crippen LogP contribution in [0.2, 0.25) is 0 Å². The fourth-order valence-electron chi connectivity index (χ4n) is 1.29. The van der Waals surface area contributed by atoms with Crippen LogP contribution in [0, 0.1) is 0 Å². The third-order valence-corrected chi connectivity index (χ3v) is 2.13. The summed E-state index contributed by atoms with van der Waals surface area (Å²) >= 11 is 0. The van der Waals surface area contributed by atoms with Crippen LogP contribution >= 0.6 is 0 Å². The zero-order valence-corrected chi connectivity index (χ0v) is 10.2. The van der Waals surface area contributed by atoms with Crippen molar-refractivity contribution in [2.75, 3.05) is 23.7 Å². The molecule has 0 spiro atoms. The Kier molecular flexibility index (Phi) is 5.67. The van der Waals surface area contributed by atoms with Crippen LogP contribution in [0.15, 0.2) is 12.4 Å². The number of rotatable bonds is 7. The molecule has 0 saturated carbocycles. The number of alkyl halides is 3. The molecule has 0 unspecified atom stereocenters. The van der Waals surface area contributed by atoms with Crippen LogP contribution in [-0.2, 0) is 0 Å². The molecule has 0 amide bonds. The molecule has 0 bridgehead atoms. The van der Waals surface area contributed by atoms with Gasteiger partial charge in [-0.2, -0.15) is 13.2 Å². The predicted octanol–water partition coefficient (Wildman–Crippen LogP) is 3.05. The summed E-state index contributed by atoms with van der Waals surface area (Å²) in [5.41, 5.74) is 0. The Bertz CT molecular complexity index is 354. The standard InChI is InChI=1S/C11H17F3N4/c1-2-5-16-9-7-15-8-10(18-9)17-6-3-4-11(12,13)14/h7-8H,2-6H2,1H3,(H2,16,17,18). The predicted molar refractivity (Wildman–Crippen MR) is 64.6 cm³/mol. The van der Waals surface area contributed by atoms with Crippen molar-refractivity contribution in [3.8, 4) is 0 Å². The Hall–Kier alpha value is -1.53. The van der Waals surface area contributed by atoms with E-state index in [1.54, 1.807) is 6.20 Å². The highest BCUT2D eigenvalue weighted by Gasteiger charge is 2.25. The fourth-order valence-corrected chi connectivity index (χ4v) is 1.29. The molecule has 7 heteroatoms. The normalized spacial score (nSPS) is 11.3. The molecule has 1 aromatic heterocycles. The smallest absolute Gasteiger partial charge is 0.369 e. The van der Waals surface area contributed by atoms with Crippen molar-refractivity contribution in [1.29, 1.82) is 0 Å². The van der Waals surface area contributed by atoms with Crippen LogP contribution < -0.4 is 10.6 Å². The highest BCUT2D eigenvalue weighted by molar-refractivity contribution is 5.41. The molecule has 0 fully saturated rings. The van der Waals surface area contributed by atoms with Gasteiger partial charge in [0.1, 0.15) is 11.6 Å². The fraction of sp³-hybridized carbons (Fsp3) is 0.636. The van der Waals surface area contributed by atoms with E-state index in [1.165, 1.54) is 6.20 Å². The zero-order valence-electron chi connectivity index (χ0n) is 10.2. The van der Waals surface area contributed by atoms with Crippen molar-refractivity contribution in [2.24, 2.45) is 0 Å². The van der Waals surface area contributed by atoms with E-state index in [0.29, 0.717) is 11.6 Å². The molecule has 0 radical (unpaired) electrons. The lowest BCUT2D eigenvalue weighted by Gasteiger charge is -2.09. The first-order chi connectivity index (χ1) is 8.51. The monoisotopic (exact) mass is 262 g/mol. The number of nitrogens with zero attached hydrogens (tertiary/aromatic N) is 2. The minimum Gasteiger partial charge on any atom is -0.369 e. The lowest BCUT2D eigenvalue weighted by atomic mass is 10.3. The van der Waals surface area contributed by atoms with Gasteiger partial charge < -0.3 is 10.6 Å². The first-order valence-electron chi connectivity index (χ1n) is 5.88. The van der Waals surface area contributed by atoms with E-state index in [-0.39, 0.29) is 13.0 Å².